The number of hydrogen-bond donors (Lipinski definition) is 2. The molecule has 0 unspecified atom stereocenters. The summed E-state index contributed by atoms with van der Waals surface area (Å²) >= 11 is 1.50. The van der Waals surface area contributed by atoms with Crippen LogP contribution >= 0.6 is 11.8 Å². The van der Waals surface area contributed by atoms with Gasteiger partial charge >= 0.3 is 0 Å². The maximum atomic E-state index is 12.7. The fourth-order valence-corrected chi connectivity index (χ4v) is 4.98. The van der Waals surface area contributed by atoms with Gasteiger partial charge in [-0.05, 0) is 36.4 Å². The first-order chi connectivity index (χ1) is 13.8. The van der Waals surface area contributed by atoms with E-state index in [1.54, 1.807) is 24.3 Å². The van der Waals surface area contributed by atoms with Crippen LogP contribution in [0, 0.1) is 17.2 Å². The average Bonchev–Trinajstić information content (AvgIpc) is 2.84. The molecule has 2 aromatic rings. The first-order valence-corrected chi connectivity index (χ1v) is 11.5. The second kappa shape index (κ2) is 8.68. The summed E-state index contributed by atoms with van der Waals surface area (Å²) in [6, 6.07) is 13.0. The summed E-state index contributed by atoms with van der Waals surface area (Å²) in [5.74, 6) is -0.526. The van der Waals surface area contributed by atoms with Crippen molar-refractivity contribution in [3.05, 3.63) is 48.0 Å². The topological polar surface area (TPSA) is 116 Å². The third kappa shape index (κ3) is 5.16. The maximum absolute atomic E-state index is 12.7. The van der Waals surface area contributed by atoms with Gasteiger partial charge in [-0.2, -0.15) is 5.26 Å². The number of nitrogens with zero attached hydrogens (tertiary/aromatic N) is 1. The van der Waals surface area contributed by atoms with Crippen LogP contribution in [-0.4, -0.2) is 31.7 Å². The Balaban J connectivity index is 1.68. The van der Waals surface area contributed by atoms with Gasteiger partial charge in [-0.15, -0.1) is 11.8 Å². The van der Waals surface area contributed by atoms with E-state index in [9.17, 15) is 18.0 Å². The van der Waals surface area contributed by atoms with Crippen LogP contribution in [0.3, 0.4) is 0 Å². The number of amides is 2. The first kappa shape index (κ1) is 20.9. The normalized spacial score (nSPS) is 16.1. The Morgan fingerprint density at radius 1 is 1.31 bits per heavy atom. The standard InChI is InChI=1S/C20H19N3O4S2/c1-13-12-28-18-6-5-16(10-17(18)23-20(13)25)29(26,27)8-7-19(24)22-15-4-2-3-14(9-15)11-21/h2-6,9-10,13H,7-8,12H2,1H3,(H,22,24)(H,23,25)/t13-/m0/s1. The predicted molar refractivity (Wildman–Crippen MR) is 111 cm³/mol. The van der Waals surface area contributed by atoms with Crippen LogP contribution in [0.2, 0.25) is 0 Å². The molecule has 1 atom stereocenters. The number of carbonyl (C=O) groups excluding carboxylic acids is 2. The Morgan fingerprint density at radius 3 is 2.86 bits per heavy atom. The van der Waals surface area contributed by atoms with Crippen LogP contribution in [0.5, 0.6) is 0 Å². The SMILES string of the molecule is C[C@H]1CSc2ccc(S(=O)(=O)CCC(=O)Nc3cccc(C#N)c3)cc2NC1=O. The Hall–Kier alpha value is -2.83. The molecule has 29 heavy (non-hydrogen) atoms. The van der Waals surface area contributed by atoms with Gasteiger partial charge < -0.3 is 10.6 Å². The fraction of sp³-hybridized carbons (Fsp3) is 0.250. The highest BCUT2D eigenvalue weighted by atomic mass is 32.2. The van der Waals surface area contributed by atoms with E-state index in [0.717, 1.165) is 4.90 Å². The zero-order chi connectivity index (χ0) is 21.0. The molecule has 0 saturated heterocycles. The largest absolute Gasteiger partial charge is 0.326 e. The van der Waals surface area contributed by atoms with Gasteiger partial charge in [0.25, 0.3) is 0 Å². The molecule has 3 rings (SSSR count). The molecule has 1 heterocycles. The van der Waals surface area contributed by atoms with Crippen molar-refractivity contribution in [1.82, 2.24) is 0 Å². The lowest BCUT2D eigenvalue weighted by Gasteiger charge is -2.10. The Morgan fingerprint density at radius 2 is 2.10 bits per heavy atom. The molecule has 2 N–H and O–H groups in total. The average molecular weight is 430 g/mol. The van der Waals surface area contributed by atoms with E-state index < -0.39 is 15.7 Å². The highest BCUT2D eigenvalue weighted by Gasteiger charge is 2.23. The molecule has 0 spiro atoms. The van der Waals surface area contributed by atoms with Crippen molar-refractivity contribution in [3.63, 3.8) is 0 Å². The van der Waals surface area contributed by atoms with Gasteiger partial charge in [-0.3, -0.25) is 9.59 Å². The molecule has 2 amide bonds. The number of benzene rings is 2. The molecule has 0 aliphatic carbocycles. The van der Waals surface area contributed by atoms with Crippen LogP contribution in [0.15, 0.2) is 52.3 Å². The molecule has 0 fully saturated rings. The number of nitrogens with one attached hydrogen (secondary N) is 2. The highest BCUT2D eigenvalue weighted by Crippen LogP contribution is 2.34. The molecule has 0 saturated carbocycles. The molecule has 0 aromatic heterocycles. The number of carbonyl (C=O) groups is 2. The summed E-state index contributed by atoms with van der Waals surface area (Å²) in [4.78, 5) is 25.0. The van der Waals surface area contributed by atoms with Crippen LogP contribution in [-0.2, 0) is 19.4 Å². The third-order valence-electron chi connectivity index (χ3n) is 4.38. The van der Waals surface area contributed by atoms with Crippen LogP contribution < -0.4 is 10.6 Å². The van der Waals surface area contributed by atoms with Gasteiger partial charge in [0.05, 0.1) is 28.0 Å². The number of sulfone groups is 1. The number of fused-ring (bicyclic) bond motifs is 1. The summed E-state index contributed by atoms with van der Waals surface area (Å²) in [5, 5.41) is 14.3. The van der Waals surface area contributed by atoms with Crippen LogP contribution in [0.4, 0.5) is 11.4 Å². The molecular formula is C20H19N3O4S2. The van der Waals surface area contributed by atoms with Gasteiger partial charge in [0.2, 0.25) is 11.8 Å². The molecule has 9 heteroatoms. The maximum Gasteiger partial charge on any atom is 0.228 e. The van der Waals surface area contributed by atoms with Gasteiger partial charge in [-0.1, -0.05) is 13.0 Å². The van der Waals surface area contributed by atoms with Gasteiger partial charge in [-0.25, -0.2) is 8.42 Å². The minimum absolute atomic E-state index is 0.0611. The summed E-state index contributed by atoms with van der Waals surface area (Å²) in [7, 11) is -3.71. The molecule has 0 bridgehead atoms. The fourth-order valence-electron chi connectivity index (χ4n) is 2.71. The minimum atomic E-state index is -3.71. The van der Waals surface area contributed by atoms with E-state index in [1.165, 1.54) is 30.0 Å². The van der Waals surface area contributed by atoms with Crippen molar-refractivity contribution < 1.29 is 18.0 Å². The van der Waals surface area contributed by atoms with E-state index in [-0.39, 0.29) is 28.9 Å². The van der Waals surface area contributed by atoms with Crippen molar-refractivity contribution in [2.24, 2.45) is 5.92 Å². The first-order valence-electron chi connectivity index (χ1n) is 8.89. The molecule has 1 aliphatic heterocycles. The second-order valence-electron chi connectivity index (χ2n) is 6.67. The molecule has 2 aromatic carbocycles. The predicted octanol–water partition coefficient (Wildman–Crippen LogP) is 3.04. The smallest absolute Gasteiger partial charge is 0.228 e. The number of hydrogen-bond acceptors (Lipinski definition) is 6. The van der Waals surface area contributed by atoms with E-state index in [1.807, 2.05) is 13.0 Å². The van der Waals surface area contributed by atoms with E-state index in [4.69, 9.17) is 5.26 Å². The Kier molecular flexibility index (Phi) is 6.25. The lowest BCUT2D eigenvalue weighted by Crippen LogP contribution is -2.20. The zero-order valence-corrected chi connectivity index (χ0v) is 17.3. The second-order valence-corrected chi connectivity index (χ2v) is 9.84. The Bertz CT molecular complexity index is 1110. The lowest BCUT2D eigenvalue weighted by atomic mass is 10.2. The van der Waals surface area contributed by atoms with Crippen molar-refractivity contribution in [1.29, 1.82) is 5.26 Å². The number of rotatable bonds is 5. The van der Waals surface area contributed by atoms with Gasteiger partial charge in [0.1, 0.15) is 0 Å². The summed E-state index contributed by atoms with van der Waals surface area (Å²) < 4.78 is 25.3. The number of thioether (sulfide) groups is 1. The molecule has 0 radical (unpaired) electrons. The minimum Gasteiger partial charge on any atom is -0.326 e. The Labute approximate surface area is 173 Å². The van der Waals surface area contributed by atoms with Gasteiger partial charge in [0, 0.05) is 28.7 Å². The quantitative estimate of drug-likeness (QED) is 0.755. The van der Waals surface area contributed by atoms with Gasteiger partial charge in [0.15, 0.2) is 9.84 Å². The van der Waals surface area contributed by atoms with Crippen molar-refractivity contribution >= 4 is 44.8 Å². The van der Waals surface area contributed by atoms with Crippen LogP contribution in [0.1, 0.15) is 18.9 Å². The van der Waals surface area contributed by atoms with Crippen LogP contribution in [0.25, 0.3) is 0 Å². The van der Waals surface area contributed by atoms with Crippen molar-refractivity contribution in [3.8, 4) is 6.07 Å². The van der Waals surface area contributed by atoms with E-state index >= 15 is 0 Å². The highest BCUT2D eigenvalue weighted by molar-refractivity contribution is 7.99. The molecular weight excluding hydrogens is 410 g/mol. The summed E-state index contributed by atoms with van der Waals surface area (Å²) in [6.45, 7) is 1.82. The van der Waals surface area contributed by atoms with Crippen molar-refractivity contribution in [2.75, 3.05) is 22.1 Å². The lowest BCUT2D eigenvalue weighted by molar-refractivity contribution is -0.118. The monoisotopic (exact) mass is 429 g/mol. The zero-order valence-electron chi connectivity index (χ0n) is 15.6. The summed E-state index contributed by atoms with van der Waals surface area (Å²) in [6.07, 6.45) is -0.228. The number of nitriles is 1. The van der Waals surface area contributed by atoms with Crippen molar-refractivity contribution in [2.45, 2.75) is 23.1 Å². The van der Waals surface area contributed by atoms with E-state index in [2.05, 4.69) is 10.6 Å². The molecule has 1 aliphatic rings. The summed E-state index contributed by atoms with van der Waals surface area (Å²) in [5.41, 5.74) is 1.31. The molecule has 7 nitrogen and oxygen atoms in total. The van der Waals surface area contributed by atoms with E-state index in [0.29, 0.717) is 22.7 Å². The molecule has 150 valence electrons. The third-order valence-corrected chi connectivity index (χ3v) is 7.43. The number of anilines is 2.